The number of nitrogens with one attached hydrogen (secondary N) is 1. The molecule has 0 aliphatic carbocycles. The van der Waals surface area contributed by atoms with E-state index in [0.29, 0.717) is 11.2 Å². The van der Waals surface area contributed by atoms with Crippen LogP contribution in [0.3, 0.4) is 0 Å². The third kappa shape index (κ3) is 6.48. The fraction of sp³-hybridized carbons (Fsp3) is 0.500. The number of thiazole rings is 1. The van der Waals surface area contributed by atoms with Crippen molar-refractivity contribution in [3.63, 3.8) is 0 Å². The number of thioether (sulfide) groups is 1. The summed E-state index contributed by atoms with van der Waals surface area (Å²) in [5.41, 5.74) is 1.19. The zero-order chi connectivity index (χ0) is 19.5. The van der Waals surface area contributed by atoms with Crippen LogP contribution in [0.1, 0.15) is 64.2 Å². The second-order valence-electron chi connectivity index (χ2n) is 6.48. The molecule has 0 saturated carbocycles. The highest BCUT2D eigenvalue weighted by molar-refractivity contribution is 8.00. The van der Waals surface area contributed by atoms with Gasteiger partial charge in [0.2, 0.25) is 0 Å². The van der Waals surface area contributed by atoms with Gasteiger partial charge in [0.1, 0.15) is 0 Å². The van der Waals surface area contributed by atoms with Gasteiger partial charge < -0.3 is 4.98 Å². The van der Waals surface area contributed by atoms with E-state index in [1.807, 2.05) is 12.2 Å². The summed E-state index contributed by atoms with van der Waals surface area (Å²) < 4.78 is 0. The molecule has 1 aromatic heterocycles. The van der Waals surface area contributed by atoms with Gasteiger partial charge in [-0.15, -0.1) is 11.8 Å². The maximum absolute atomic E-state index is 12.2. The van der Waals surface area contributed by atoms with Crippen molar-refractivity contribution in [1.29, 1.82) is 0 Å². The fourth-order valence-corrected chi connectivity index (χ4v) is 5.70. The second-order valence-corrected chi connectivity index (χ2v) is 8.94. The average molecular weight is 392 g/mol. The summed E-state index contributed by atoms with van der Waals surface area (Å²) in [6.07, 6.45) is 14.2. The summed E-state index contributed by atoms with van der Waals surface area (Å²) in [5, 5.41) is 1.53. The maximum atomic E-state index is 12.2. The van der Waals surface area contributed by atoms with Crippen LogP contribution in [0.4, 0.5) is 0 Å². The lowest BCUT2D eigenvalue weighted by Crippen LogP contribution is -2.14. The van der Waals surface area contributed by atoms with E-state index >= 15 is 0 Å². The molecule has 1 unspecified atom stereocenters. The molecular formula is C22H33NOS2. The molecule has 2 nitrogen and oxygen atoms in total. The Labute approximate surface area is 167 Å². The van der Waals surface area contributed by atoms with Gasteiger partial charge in [-0.25, -0.2) is 0 Å². The first-order valence-corrected chi connectivity index (χ1v) is 11.2. The van der Waals surface area contributed by atoms with Crippen LogP contribution in [0.15, 0.2) is 58.9 Å². The molecule has 0 radical (unpaired) electrons. The van der Waals surface area contributed by atoms with Crippen molar-refractivity contribution in [2.75, 3.05) is 0 Å². The summed E-state index contributed by atoms with van der Waals surface area (Å²) in [7, 11) is 0. The van der Waals surface area contributed by atoms with Gasteiger partial charge in [-0.2, -0.15) is 0 Å². The Balaban J connectivity index is 3.45. The molecule has 0 fully saturated rings. The van der Waals surface area contributed by atoms with Gasteiger partial charge in [-0.1, -0.05) is 102 Å². The molecule has 0 amide bonds. The normalized spacial score (nSPS) is 14.7. The molecule has 0 spiro atoms. The summed E-state index contributed by atoms with van der Waals surface area (Å²) in [4.78, 5) is 16.5. The first kappa shape index (κ1) is 22.8. The average Bonchev–Trinajstić information content (AvgIpc) is 2.96. The fourth-order valence-electron chi connectivity index (χ4n) is 3.26. The van der Waals surface area contributed by atoms with Crippen molar-refractivity contribution in [2.45, 2.75) is 69.6 Å². The number of aromatic amines is 1. The number of hydrogen-bond acceptors (Lipinski definition) is 3. The smallest absolute Gasteiger partial charge is 0.305 e. The Bertz CT molecular complexity index is 677. The maximum Gasteiger partial charge on any atom is 0.305 e. The minimum Gasteiger partial charge on any atom is -0.307 e. The van der Waals surface area contributed by atoms with E-state index in [-0.39, 0.29) is 10.8 Å². The number of allylic oxidation sites excluding steroid dienone is 6. The third-order valence-corrected chi connectivity index (χ3v) is 6.84. The standard InChI is InChI=1S/C22H33NOS2/c1-7-12-15-18(14-9-3)19(17(10-4)11-5)20-21(23-22(24)26-20)25-16(6)13-8-2/h7,9,12,14-17,19H,1,3,8,10-11,13H2,2,4-6H3,(H,23,24)/b15-12-,18-14+/t16?,19-/m1/s1. The first-order valence-electron chi connectivity index (χ1n) is 9.53. The van der Waals surface area contributed by atoms with E-state index < -0.39 is 0 Å². The van der Waals surface area contributed by atoms with E-state index in [9.17, 15) is 4.79 Å². The van der Waals surface area contributed by atoms with Gasteiger partial charge in [0.05, 0.1) is 5.03 Å². The largest absolute Gasteiger partial charge is 0.307 e. The van der Waals surface area contributed by atoms with Crippen LogP contribution < -0.4 is 4.87 Å². The molecule has 1 N–H and O–H groups in total. The van der Waals surface area contributed by atoms with Crippen LogP contribution in [0, 0.1) is 5.92 Å². The molecule has 0 bridgehead atoms. The SMILES string of the molecule is C=C/C=C\C(=C/C=C)[C@H](c1sc(=O)[nH]c1SC(C)CCC)C(CC)CC. The minimum absolute atomic E-state index is 0.0350. The lowest BCUT2D eigenvalue weighted by Gasteiger charge is -2.27. The molecule has 1 rings (SSSR count). The van der Waals surface area contributed by atoms with Crippen LogP contribution in [0.25, 0.3) is 0 Å². The molecule has 2 atom stereocenters. The molecule has 0 aliphatic rings. The number of aromatic nitrogens is 1. The molecule has 0 saturated heterocycles. The summed E-state index contributed by atoms with van der Waals surface area (Å²) in [6, 6.07) is 0. The highest BCUT2D eigenvalue weighted by atomic mass is 32.2. The van der Waals surface area contributed by atoms with E-state index in [2.05, 4.69) is 58.0 Å². The third-order valence-electron chi connectivity index (χ3n) is 4.55. The van der Waals surface area contributed by atoms with E-state index in [4.69, 9.17) is 0 Å². The molecule has 0 aliphatic heterocycles. The molecular weight excluding hydrogens is 358 g/mol. The molecule has 1 aromatic rings. The summed E-state index contributed by atoms with van der Waals surface area (Å²) in [6.45, 7) is 16.6. The van der Waals surface area contributed by atoms with Gasteiger partial charge in [0.25, 0.3) is 0 Å². The van der Waals surface area contributed by atoms with Gasteiger partial charge in [0.15, 0.2) is 0 Å². The van der Waals surface area contributed by atoms with Gasteiger partial charge in [-0.05, 0) is 17.9 Å². The Morgan fingerprint density at radius 1 is 1.23 bits per heavy atom. The van der Waals surface area contributed by atoms with Crippen LogP contribution in [0.2, 0.25) is 0 Å². The highest BCUT2D eigenvalue weighted by Gasteiger charge is 2.28. The summed E-state index contributed by atoms with van der Waals surface area (Å²) in [5.74, 6) is 0.669. The number of hydrogen-bond donors (Lipinski definition) is 1. The Morgan fingerprint density at radius 3 is 2.46 bits per heavy atom. The van der Waals surface area contributed by atoms with Crippen molar-refractivity contribution in [3.8, 4) is 0 Å². The van der Waals surface area contributed by atoms with Crippen molar-refractivity contribution in [3.05, 3.63) is 63.7 Å². The van der Waals surface area contributed by atoms with Gasteiger partial charge in [0, 0.05) is 16.0 Å². The Hall–Kier alpha value is -1.26. The Morgan fingerprint density at radius 2 is 1.92 bits per heavy atom. The number of H-pyrrole nitrogens is 1. The predicted octanol–water partition coefficient (Wildman–Crippen LogP) is 7.09. The molecule has 1 heterocycles. The van der Waals surface area contributed by atoms with Crippen molar-refractivity contribution < 1.29 is 0 Å². The highest BCUT2D eigenvalue weighted by Crippen LogP contribution is 2.43. The quantitative estimate of drug-likeness (QED) is 0.305. The summed E-state index contributed by atoms with van der Waals surface area (Å²) >= 11 is 3.16. The van der Waals surface area contributed by atoms with Crippen LogP contribution in [-0.4, -0.2) is 10.2 Å². The van der Waals surface area contributed by atoms with Crippen LogP contribution in [-0.2, 0) is 0 Å². The first-order chi connectivity index (χ1) is 12.5. The van der Waals surface area contributed by atoms with Crippen molar-refractivity contribution in [2.24, 2.45) is 5.92 Å². The van der Waals surface area contributed by atoms with E-state index in [1.54, 1.807) is 17.8 Å². The Kier molecular flexibility index (Phi) is 10.7. The monoisotopic (exact) mass is 391 g/mol. The van der Waals surface area contributed by atoms with Gasteiger partial charge >= 0.3 is 4.87 Å². The second kappa shape index (κ2) is 12.2. The minimum atomic E-state index is 0.0350. The van der Waals surface area contributed by atoms with Crippen molar-refractivity contribution in [1.82, 2.24) is 4.98 Å². The zero-order valence-electron chi connectivity index (χ0n) is 16.6. The predicted molar refractivity (Wildman–Crippen MR) is 120 cm³/mol. The van der Waals surface area contributed by atoms with E-state index in [1.165, 1.54) is 21.8 Å². The molecule has 0 aromatic carbocycles. The molecule has 4 heteroatoms. The molecule has 144 valence electrons. The van der Waals surface area contributed by atoms with Crippen molar-refractivity contribution >= 4 is 23.1 Å². The number of rotatable bonds is 12. The van der Waals surface area contributed by atoms with Crippen LogP contribution in [0.5, 0.6) is 0 Å². The molecule has 26 heavy (non-hydrogen) atoms. The van der Waals surface area contributed by atoms with E-state index in [0.717, 1.165) is 30.7 Å². The van der Waals surface area contributed by atoms with Crippen LogP contribution >= 0.6 is 23.1 Å². The lowest BCUT2D eigenvalue weighted by molar-refractivity contribution is 0.438. The zero-order valence-corrected chi connectivity index (χ0v) is 18.2. The lowest BCUT2D eigenvalue weighted by atomic mass is 9.81. The topological polar surface area (TPSA) is 32.9 Å². The van der Waals surface area contributed by atoms with Gasteiger partial charge in [-0.3, -0.25) is 4.79 Å².